The lowest BCUT2D eigenvalue weighted by molar-refractivity contribution is -0.115. The maximum atomic E-state index is 11.4. The molecule has 0 fully saturated rings. The van der Waals surface area contributed by atoms with Crippen LogP contribution in [0.15, 0.2) is 35.4 Å². The van der Waals surface area contributed by atoms with E-state index in [-0.39, 0.29) is 5.78 Å². The summed E-state index contributed by atoms with van der Waals surface area (Å²) < 4.78 is 2.06. The minimum atomic E-state index is -1.46. The van der Waals surface area contributed by atoms with E-state index in [1.54, 1.807) is 6.92 Å². The van der Waals surface area contributed by atoms with E-state index in [0.29, 0.717) is 6.42 Å². The van der Waals surface area contributed by atoms with Gasteiger partial charge in [-0.3, -0.25) is 4.79 Å². The van der Waals surface area contributed by atoms with Crippen molar-refractivity contribution in [2.45, 2.75) is 39.4 Å². The summed E-state index contributed by atoms with van der Waals surface area (Å²) in [6.07, 6.45) is 1.18. The zero-order valence-corrected chi connectivity index (χ0v) is 13.6. The molecule has 0 N–H and O–H groups in total. The Balaban J connectivity index is 2.89. The second-order valence-corrected chi connectivity index (χ2v) is 10.9. The summed E-state index contributed by atoms with van der Waals surface area (Å²) in [7, 11) is 0.554. The topological polar surface area (TPSA) is 32.7 Å². The van der Waals surface area contributed by atoms with Crippen LogP contribution >= 0.6 is 0 Å². The fourth-order valence-electron chi connectivity index (χ4n) is 1.61. The molecule has 0 aliphatic heterocycles. The average Bonchev–Trinajstić information content (AvgIpc) is 2.28. The van der Waals surface area contributed by atoms with Crippen LogP contribution in [-0.2, 0) is 11.2 Å². The van der Waals surface area contributed by atoms with Crippen molar-refractivity contribution in [3.63, 3.8) is 0 Å². The number of rotatable bonds is 6. The van der Waals surface area contributed by atoms with Gasteiger partial charge in [-0.2, -0.15) is 5.10 Å². The lowest BCUT2D eigenvalue weighted by atomic mass is 10.1. The summed E-state index contributed by atoms with van der Waals surface area (Å²) in [6.45, 7) is 8.34. The molecule has 0 saturated heterocycles. The largest absolute Gasteiger partial charge is 0.328 e. The lowest BCUT2D eigenvalue weighted by Gasteiger charge is -2.28. The Kier molecular flexibility index (Phi) is 5.48. The van der Waals surface area contributed by atoms with Crippen LogP contribution in [0.2, 0.25) is 19.6 Å². The number of hydrogen-bond donors (Lipinski definition) is 0. The van der Waals surface area contributed by atoms with Crippen LogP contribution in [0.25, 0.3) is 0 Å². The highest BCUT2D eigenvalue weighted by atomic mass is 28.3. The molecule has 0 amide bonds. The van der Waals surface area contributed by atoms with Gasteiger partial charge < -0.3 is 4.67 Å². The Morgan fingerprint density at radius 2 is 1.79 bits per heavy atom. The van der Waals surface area contributed by atoms with Crippen molar-refractivity contribution in [3.05, 3.63) is 35.9 Å². The minimum Gasteiger partial charge on any atom is -0.328 e. The molecule has 1 aromatic rings. The number of benzene rings is 1. The van der Waals surface area contributed by atoms with E-state index < -0.39 is 8.24 Å². The molecule has 4 heteroatoms. The first-order chi connectivity index (χ1) is 8.79. The summed E-state index contributed by atoms with van der Waals surface area (Å²) in [4.78, 5) is 11.4. The van der Waals surface area contributed by atoms with Crippen molar-refractivity contribution in [2.75, 3.05) is 7.05 Å². The molecule has 19 heavy (non-hydrogen) atoms. The molecule has 0 aliphatic rings. The molecule has 0 aromatic heterocycles. The molecule has 1 aromatic carbocycles. The zero-order chi connectivity index (χ0) is 14.5. The van der Waals surface area contributed by atoms with Gasteiger partial charge in [-0.15, -0.1) is 0 Å². The summed E-state index contributed by atoms with van der Waals surface area (Å²) >= 11 is 0. The highest BCUT2D eigenvalue weighted by Crippen LogP contribution is 2.10. The molecule has 0 heterocycles. The molecule has 0 aliphatic carbocycles. The number of Topliss-reactive ketones (excluding diaryl/α,β-unsaturated/α-hetero) is 1. The number of carbonyl (C=O) groups is 1. The first kappa shape index (κ1) is 15.6. The summed E-state index contributed by atoms with van der Waals surface area (Å²) in [6, 6.07) is 10.2. The molecule has 1 rings (SSSR count). The average molecular weight is 276 g/mol. The zero-order valence-electron chi connectivity index (χ0n) is 12.6. The first-order valence-electron chi connectivity index (χ1n) is 6.62. The Morgan fingerprint density at radius 3 is 2.26 bits per heavy atom. The van der Waals surface area contributed by atoms with Gasteiger partial charge in [-0.1, -0.05) is 50.0 Å². The van der Waals surface area contributed by atoms with Gasteiger partial charge >= 0.3 is 0 Å². The van der Waals surface area contributed by atoms with Crippen LogP contribution in [0.1, 0.15) is 18.9 Å². The number of hydrazone groups is 1. The van der Waals surface area contributed by atoms with Crippen LogP contribution in [0.3, 0.4) is 0 Å². The predicted molar refractivity (Wildman–Crippen MR) is 84.0 cm³/mol. The van der Waals surface area contributed by atoms with Gasteiger partial charge in [0.05, 0.1) is 0 Å². The summed E-state index contributed by atoms with van der Waals surface area (Å²) in [5.74, 6) is 0.165. The Hall–Kier alpha value is -1.42. The summed E-state index contributed by atoms with van der Waals surface area (Å²) in [5, 5.41) is 4.67. The third-order valence-corrected chi connectivity index (χ3v) is 5.01. The Labute approximate surface area is 117 Å². The quantitative estimate of drug-likeness (QED) is 0.453. The number of hydrogen-bond acceptors (Lipinski definition) is 3. The number of nitrogens with zero attached hydrogens (tertiary/aromatic N) is 2. The third kappa shape index (κ3) is 5.83. The Bertz CT molecular complexity index is 449. The molecule has 0 bridgehead atoms. The van der Waals surface area contributed by atoms with Crippen LogP contribution < -0.4 is 0 Å². The van der Waals surface area contributed by atoms with Crippen LogP contribution in [0, 0.1) is 0 Å². The monoisotopic (exact) mass is 276 g/mol. The fraction of sp³-hybridized carbons (Fsp3) is 0.467. The van der Waals surface area contributed by atoms with Crippen molar-refractivity contribution in [1.82, 2.24) is 4.67 Å². The van der Waals surface area contributed by atoms with Gasteiger partial charge in [0.2, 0.25) is 0 Å². The van der Waals surface area contributed by atoms with Crippen LogP contribution in [-0.4, -0.2) is 31.5 Å². The van der Waals surface area contributed by atoms with E-state index in [1.807, 2.05) is 25.2 Å². The van der Waals surface area contributed by atoms with Crippen molar-refractivity contribution < 1.29 is 4.79 Å². The minimum absolute atomic E-state index is 0.165. The van der Waals surface area contributed by atoms with Gasteiger partial charge in [0, 0.05) is 25.6 Å². The van der Waals surface area contributed by atoms with Gasteiger partial charge in [0.15, 0.2) is 8.24 Å². The maximum Gasteiger partial charge on any atom is 0.168 e. The lowest BCUT2D eigenvalue weighted by Crippen LogP contribution is -2.40. The summed E-state index contributed by atoms with van der Waals surface area (Å²) in [5.41, 5.74) is 2.15. The van der Waals surface area contributed by atoms with Crippen molar-refractivity contribution >= 4 is 19.7 Å². The highest BCUT2D eigenvalue weighted by Gasteiger charge is 2.19. The normalized spacial score (nSPS) is 12.4. The second kappa shape index (κ2) is 6.66. The first-order valence-corrected chi connectivity index (χ1v) is 10.1. The van der Waals surface area contributed by atoms with E-state index in [4.69, 9.17) is 0 Å². The standard InChI is InChI=1S/C15H24N2OSi/c1-13(18)11-15(16-17(2)19(3,4)5)12-14-9-7-6-8-10-14/h6-10H,11-12H2,1-5H3/b16-15+. The van der Waals surface area contributed by atoms with Gasteiger partial charge in [0.25, 0.3) is 0 Å². The van der Waals surface area contributed by atoms with Crippen molar-refractivity contribution in [3.8, 4) is 0 Å². The molecule has 104 valence electrons. The molecule has 0 saturated carbocycles. The highest BCUT2D eigenvalue weighted by molar-refractivity contribution is 6.73. The van der Waals surface area contributed by atoms with Crippen molar-refractivity contribution in [2.24, 2.45) is 5.10 Å². The molecule has 0 unspecified atom stereocenters. The van der Waals surface area contributed by atoms with Crippen LogP contribution in [0.5, 0.6) is 0 Å². The molecule has 0 spiro atoms. The third-order valence-electron chi connectivity index (χ3n) is 2.97. The van der Waals surface area contributed by atoms with Gasteiger partial charge in [-0.05, 0) is 12.5 Å². The fourth-order valence-corrected chi connectivity index (χ4v) is 2.06. The number of ketones is 1. The van der Waals surface area contributed by atoms with E-state index in [0.717, 1.165) is 12.1 Å². The SMILES string of the molecule is CC(=O)C/C(Cc1ccccc1)=N\N(C)[Si](C)(C)C. The Morgan fingerprint density at radius 1 is 1.21 bits per heavy atom. The predicted octanol–water partition coefficient (Wildman–Crippen LogP) is 3.33. The van der Waals surface area contributed by atoms with E-state index in [9.17, 15) is 4.79 Å². The molecular formula is C15H24N2OSi. The van der Waals surface area contributed by atoms with Gasteiger partial charge in [0.1, 0.15) is 5.78 Å². The van der Waals surface area contributed by atoms with Gasteiger partial charge in [-0.25, -0.2) is 0 Å². The molecule has 0 radical (unpaired) electrons. The molecular weight excluding hydrogens is 252 g/mol. The smallest absolute Gasteiger partial charge is 0.168 e. The van der Waals surface area contributed by atoms with Crippen molar-refractivity contribution in [1.29, 1.82) is 0 Å². The second-order valence-electron chi connectivity index (χ2n) is 5.90. The van der Waals surface area contributed by atoms with E-state index >= 15 is 0 Å². The van der Waals surface area contributed by atoms with Crippen LogP contribution in [0.4, 0.5) is 0 Å². The van der Waals surface area contributed by atoms with E-state index in [2.05, 4.69) is 41.5 Å². The maximum absolute atomic E-state index is 11.4. The molecule has 3 nitrogen and oxygen atoms in total. The van der Waals surface area contributed by atoms with E-state index in [1.165, 1.54) is 5.56 Å². The molecule has 0 atom stereocenters. The number of carbonyl (C=O) groups excluding carboxylic acids is 1.